The van der Waals surface area contributed by atoms with E-state index in [2.05, 4.69) is 13.8 Å². The second-order valence-electron chi connectivity index (χ2n) is 7.47. The molecule has 0 aliphatic rings. The molecule has 154 valence electrons. The predicted molar refractivity (Wildman–Crippen MR) is 114 cm³/mol. The average Bonchev–Trinajstić information content (AvgIpc) is 2.56. The summed E-state index contributed by atoms with van der Waals surface area (Å²) in [6.45, 7) is 4.67. The van der Waals surface area contributed by atoms with E-state index in [4.69, 9.17) is 14.3 Å². The van der Waals surface area contributed by atoms with Crippen molar-refractivity contribution in [3.05, 3.63) is 0 Å². The van der Waals surface area contributed by atoms with Gasteiger partial charge in [-0.05, 0) is 18.8 Å². The summed E-state index contributed by atoms with van der Waals surface area (Å²) in [7, 11) is -4.33. The van der Waals surface area contributed by atoms with Crippen LogP contribution in [0, 0.1) is 5.92 Å². The molecule has 1 unspecified atom stereocenters. The molecule has 0 saturated carbocycles. The van der Waals surface area contributed by atoms with Crippen LogP contribution in [0.4, 0.5) is 0 Å². The van der Waals surface area contributed by atoms with Crippen LogP contribution in [0.2, 0.25) is 0 Å². The maximum atomic E-state index is 11.0. The zero-order valence-electron chi connectivity index (χ0n) is 16.8. The Morgan fingerprint density at radius 2 is 1.04 bits per heavy atom. The van der Waals surface area contributed by atoms with Gasteiger partial charge < -0.3 is 9.79 Å². The van der Waals surface area contributed by atoms with Gasteiger partial charge in [0.05, 0.1) is 6.61 Å². The van der Waals surface area contributed by atoms with Gasteiger partial charge in [0.1, 0.15) is 0 Å². The van der Waals surface area contributed by atoms with Gasteiger partial charge in [0, 0.05) is 0 Å². The first-order chi connectivity index (χ1) is 12.0. The molecule has 6 heteroatoms. The monoisotopic (exact) mass is 418 g/mol. The van der Waals surface area contributed by atoms with Gasteiger partial charge in [0.2, 0.25) is 0 Å². The predicted octanol–water partition coefficient (Wildman–Crippen LogP) is 6.34. The van der Waals surface area contributed by atoms with E-state index >= 15 is 0 Å². The molecule has 0 heterocycles. The van der Waals surface area contributed by atoms with Crippen LogP contribution in [-0.4, -0.2) is 67.8 Å². The Balaban J connectivity index is 0. The summed E-state index contributed by atoms with van der Waals surface area (Å²) < 4.78 is 15.7. The molecule has 0 radical (unpaired) electrons. The van der Waals surface area contributed by atoms with Crippen molar-refractivity contribution in [1.82, 2.24) is 0 Å². The summed E-state index contributed by atoms with van der Waals surface area (Å²) in [5, 5.41) is 0. The summed E-state index contributed by atoms with van der Waals surface area (Å²) in [6, 6.07) is 0. The van der Waals surface area contributed by atoms with E-state index in [0.29, 0.717) is 5.92 Å². The zero-order chi connectivity index (χ0) is 18.8. The Kier molecular flexibility index (Phi) is 24.7. The Morgan fingerprint density at radius 3 is 1.38 bits per heavy atom. The molecule has 2 N–H and O–H groups in total. The van der Waals surface area contributed by atoms with Gasteiger partial charge in [0.25, 0.3) is 0 Å². The Hall–Kier alpha value is 1.75. The van der Waals surface area contributed by atoms with Crippen molar-refractivity contribution >= 4 is 59.2 Å². The van der Waals surface area contributed by atoms with Crippen molar-refractivity contribution in [2.45, 2.75) is 117 Å². The van der Waals surface area contributed by atoms with Crippen molar-refractivity contribution in [2.24, 2.45) is 5.92 Å². The standard InChI is InChI=1S/C20H43O4P.K.H/c1-3-5-7-9-11-12-14-16-18-20(19-24-25(21,22)23)17-15-13-10-8-6-4-2;;/h20H,3-19H2,1-2H3,(H2,21,22,23);;. The van der Waals surface area contributed by atoms with E-state index in [1.807, 2.05) is 0 Å². The van der Waals surface area contributed by atoms with Crippen molar-refractivity contribution in [3.63, 3.8) is 0 Å². The van der Waals surface area contributed by atoms with Crippen LogP contribution in [-0.2, 0) is 9.09 Å². The summed E-state index contributed by atoms with van der Waals surface area (Å²) in [5.74, 6) is 0.291. The quantitative estimate of drug-likeness (QED) is 0.146. The molecule has 0 spiro atoms. The molecular weight excluding hydrogens is 374 g/mol. The number of rotatable bonds is 19. The van der Waals surface area contributed by atoms with Gasteiger partial charge in [-0.1, -0.05) is 104 Å². The SMILES string of the molecule is CCCCCCCCCCC(CCCCCCCC)COP(=O)(O)O.[KH]. The van der Waals surface area contributed by atoms with Gasteiger partial charge in [-0.15, -0.1) is 0 Å². The third-order valence-electron chi connectivity index (χ3n) is 4.91. The fourth-order valence-corrected chi connectivity index (χ4v) is 3.70. The first-order valence-electron chi connectivity index (χ1n) is 10.7. The fourth-order valence-electron chi connectivity index (χ4n) is 3.29. The Bertz CT molecular complexity index is 323. The first kappa shape index (κ1) is 29.9. The molecule has 0 aliphatic carbocycles. The van der Waals surface area contributed by atoms with Crippen LogP contribution < -0.4 is 0 Å². The van der Waals surface area contributed by atoms with E-state index in [9.17, 15) is 4.57 Å². The molecule has 0 aromatic heterocycles. The Labute approximate surface area is 205 Å². The van der Waals surface area contributed by atoms with E-state index in [1.54, 1.807) is 0 Å². The van der Waals surface area contributed by atoms with Crippen molar-refractivity contribution < 1.29 is 18.9 Å². The van der Waals surface area contributed by atoms with Crippen LogP contribution in [0.3, 0.4) is 0 Å². The van der Waals surface area contributed by atoms with Crippen LogP contribution in [0.5, 0.6) is 0 Å². The summed E-state index contributed by atoms with van der Waals surface area (Å²) >= 11 is 0. The van der Waals surface area contributed by atoms with E-state index < -0.39 is 7.82 Å². The van der Waals surface area contributed by atoms with Crippen molar-refractivity contribution in [1.29, 1.82) is 0 Å². The van der Waals surface area contributed by atoms with Crippen LogP contribution in [0.15, 0.2) is 0 Å². The normalized spacial score (nSPS) is 12.8. The average molecular weight is 419 g/mol. The number of phosphoric ester groups is 1. The third-order valence-corrected chi connectivity index (χ3v) is 5.40. The molecule has 0 bridgehead atoms. The van der Waals surface area contributed by atoms with Gasteiger partial charge in [-0.25, -0.2) is 4.57 Å². The molecule has 0 aromatic rings. The first-order valence-corrected chi connectivity index (χ1v) is 12.2. The van der Waals surface area contributed by atoms with Crippen molar-refractivity contribution in [2.75, 3.05) is 6.61 Å². The second-order valence-corrected chi connectivity index (χ2v) is 8.71. The number of unbranched alkanes of at least 4 members (excludes halogenated alkanes) is 12. The van der Waals surface area contributed by atoms with E-state index in [1.165, 1.54) is 77.0 Å². The molecule has 0 fully saturated rings. The Morgan fingerprint density at radius 1 is 0.692 bits per heavy atom. The van der Waals surface area contributed by atoms with E-state index in [0.717, 1.165) is 25.7 Å². The van der Waals surface area contributed by atoms with Gasteiger partial charge >= 0.3 is 59.2 Å². The molecule has 4 nitrogen and oxygen atoms in total. The van der Waals surface area contributed by atoms with Gasteiger partial charge in [-0.2, -0.15) is 0 Å². The summed E-state index contributed by atoms with van der Waals surface area (Å²) in [6.07, 6.45) is 19.9. The molecule has 0 aliphatic heterocycles. The number of hydrogen-bond donors (Lipinski definition) is 2. The second kappa shape index (κ2) is 21.5. The van der Waals surface area contributed by atoms with Crippen molar-refractivity contribution in [3.8, 4) is 0 Å². The van der Waals surface area contributed by atoms with Gasteiger partial charge in [-0.3, -0.25) is 4.52 Å². The van der Waals surface area contributed by atoms with Crippen LogP contribution in [0.25, 0.3) is 0 Å². The minimum absolute atomic E-state index is 0. The van der Waals surface area contributed by atoms with E-state index in [-0.39, 0.29) is 58.0 Å². The maximum absolute atomic E-state index is 11.0. The number of phosphoric acid groups is 1. The molecule has 1 atom stereocenters. The number of hydrogen-bond acceptors (Lipinski definition) is 2. The third kappa shape index (κ3) is 23.8. The minimum atomic E-state index is -4.33. The summed E-state index contributed by atoms with van der Waals surface area (Å²) in [4.78, 5) is 17.9. The van der Waals surface area contributed by atoms with Crippen LogP contribution in [0.1, 0.15) is 117 Å². The molecular formula is C20H44KO4P. The topological polar surface area (TPSA) is 66.8 Å². The molecule has 0 rings (SSSR count). The molecule has 26 heavy (non-hydrogen) atoms. The molecule has 0 saturated heterocycles. The fraction of sp³-hybridized carbons (Fsp3) is 1.00. The van der Waals surface area contributed by atoms with Crippen LogP contribution >= 0.6 is 7.82 Å². The zero-order valence-corrected chi connectivity index (χ0v) is 17.7. The summed E-state index contributed by atoms with van der Waals surface area (Å²) in [5.41, 5.74) is 0. The van der Waals surface area contributed by atoms with Gasteiger partial charge in [0.15, 0.2) is 0 Å². The molecule has 0 amide bonds. The molecule has 0 aromatic carbocycles.